The first kappa shape index (κ1) is 16.6. The molecule has 7 nitrogen and oxygen atoms in total. The van der Waals surface area contributed by atoms with Crippen molar-refractivity contribution in [1.82, 2.24) is 0 Å². The fraction of sp³-hybridized carbons (Fsp3) is 0.133. The van der Waals surface area contributed by atoms with Gasteiger partial charge in [-0.15, -0.1) is 0 Å². The number of benzene rings is 2. The number of sulfonamides is 1. The molecule has 0 aromatic heterocycles. The molecule has 2 aromatic carbocycles. The molecule has 0 aliphatic carbocycles. The number of hydrogen-bond acceptors (Lipinski definition) is 5. The molecule has 0 atom stereocenters. The second kappa shape index (κ2) is 6.57. The first-order chi connectivity index (χ1) is 10.8. The number of aromatic carboxylic acids is 1. The number of hydrogen-bond donors (Lipinski definition) is 3. The molecule has 0 aliphatic heterocycles. The Kier molecular flexibility index (Phi) is 4.75. The molecular formula is C15H15NO6S. The van der Waals surface area contributed by atoms with Gasteiger partial charge in [-0.1, -0.05) is 12.1 Å². The van der Waals surface area contributed by atoms with Crippen molar-refractivity contribution in [3.8, 4) is 11.5 Å². The van der Waals surface area contributed by atoms with Crippen LogP contribution in [0.25, 0.3) is 0 Å². The largest absolute Gasteiger partial charge is 0.506 e. The summed E-state index contributed by atoms with van der Waals surface area (Å²) in [6.07, 6.45) is 0. The number of para-hydroxylation sites is 2. The van der Waals surface area contributed by atoms with Gasteiger partial charge in [0.2, 0.25) is 0 Å². The van der Waals surface area contributed by atoms with Crippen molar-refractivity contribution in [1.29, 1.82) is 0 Å². The molecule has 0 unspecified atom stereocenters. The SMILES string of the molecule is CCOc1ccc(S(=O)(=O)Nc2ccccc2O)cc1C(=O)O. The fourth-order valence-corrected chi connectivity index (χ4v) is 2.99. The molecule has 0 saturated heterocycles. The average Bonchev–Trinajstić information content (AvgIpc) is 2.50. The Labute approximate surface area is 133 Å². The lowest BCUT2D eigenvalue weighted by Crippen LogP contribution is -2.14. The first-order valence-electron chi connectivity index (χ1n) is 6.66. The molecule has 3 N–H and O–H groups in total. The van der Waals surface area contributed by atoms with Crippen molar-refractivity contribution in [3.63, 3.8) is 0 Å². The van der Waals surface area contributed by atoms with Gasteiger partial charge >= 0.3 is 5.97 Å². The maximum absolute atomic E-state index is 12.3. The fourth-order valence-electron chi connectivity index (χ4n) is 1.89. The third kappa shape index (κ3) is 3.72. The molecule has 2 aromatic rings. The zero-order valence-electron chi connectivity index (χ0n) is 12.2. The lowest BCUT2D eigenvalue weighted by molar-refractivity contribution is 0.0692. The minimum Gasteiger partial charge on any atom is -0.506 e. The van der Waals surface area contributed by atoms with Gasteiger partial charge in [0, 0.05) is 0 Å². The second-order valence-corrected chi connectivity index (χ2v) is 6.20. The van der Waals surface area contributed by atoms with Crippen molar-refractivity contribution in [2.24, 2.45) is 0 Å². The lowest BCUT2D eigenvalue weighted by Gasteiger charge is -2.12. The summed E-state index contributed by atoms with van der Waals surface area (Å²) in [6, 6.07) is 9.35. The molecule has 0 bridgehead atoms. The van der Waals surface area contributed by atoms with Crippen molar-refractivity contribution >= 4 is 21.7 Å². The number of nitrogens with one attached hydrogen (secondary N) is 1. The van der Waals surface area contributed by atoms with Crippen molar-refractivity contribution in [2.45, 2.75) is 11.8 Å². The monoisotopic (exact) mass is 337 g/mol. The number of carboxylic acids is 1. The normalized spacial score (nSPS) is 11.0. The number of anilines is 1. The van der Waals surface area contributed by atoms with Crippen LogP contribution < -0.4 is 9.46 Å². The lowest BCUT2D eigenvalue weighted by atomic mass is 10.2. The molecular weight excluding hydrogens is 322 g/mol. The Morgan fingerprint density at radius 1 is 1.22 bits per heavy atom. The predicted octanol–water partition coefficient (Wildman–Crippen LogP) is 2.29. The van der Waals surface area contributed by atoms with Gasteiger partial charge in [0.05, 0.1) is 17.2 Å². The van der Waals surface area contributed by atoms with E-state index in [1.165, 1.54) is 24.3 Å². The summed E-state index contributed by atoms with van der Waals surface area (Å²) in [4.78, 5) is 11.0. The van der Waals surface area contributed by atoms with Crippen LogP contribution in [-0.4, -0.2) is 31.2 Å². The van der Waals surface area contributed by atoms with Crippen molar-refractivity contribution in [2.75, 3.05) is 11.3 Å². The molecule has 0 spiro atoms. The van der Waals surface area contributed by atoms with Gasteiger partial charge < -0.3 is 14.9 Å². The van der Waals surface area contributed by atoms with E-state index < -0.39 is 16.0 Å². The van der Waals surface area contributed by atoms with Gasteiger partial charge in [-0.05, 0) is 37.3 Å². The third-order valence-electron chi connectivity index (χ3n) is 2.94. The highest BCUT2D eigenvalue weighted by Gasteiger charge is 2.20. The zero-order chi connectivity index (χ0) is 17.0. The molecule has 0 amide bonds. The van der Waals surface area contributed by atoms with Crippen molar-refractivity contribution in [3.05, 3.63) is 48.0 Å². The van der Waals surface area contributed by atoms with Gasteiger partial charge in [0.25, 0.3) is 10.0 Å². The van der Waals surface area contributed by atoms with Crippen molar-refractivity contribution < 1.29 is 28.2 Å². The Bertz CT molecular complexity index is 832. The number of phenolic OH excluding ortho intramolecular Hbond substituents is 1. The van der Waals surface area contributed by atoms with Crippen LogP contribution >= 0.6 is 0 Å². The summed E-state index contributed by atoms with van der Waals surface area (Å²) in [5, 5.41) is 18.8. The summed E-state index contributed by atoms with van der Waals surface area (Å²) < 4.78 is 32.1. The van der Waals surface area contributed by atoms with Crippen LogP contribution in [0, 0.1) is 0 Å². The summed E-state index contributed by atoms with van der Waals surface area (Å²) in [6.45, 7) is 1.94. The quantitative estimate of drug-likeness (QED) is 0.697. The molecule has 122 valence electrons. The highest BCUT2D eigenvalue weighted by Crippen LogP contribution is 2.27. The third-order valence-corrected chi connectivity index (χ3v) is 4.30. The number of carbonyl (C=O) groups is 1. The van der Waals surface area contributed by atoms with E-state index in [9.17, 15) is 23.4 Å². The molecule has 0 aliphatic rings. The van der Waals surface area contributed by atoms with Crippen LogP contribution in [0.4, 0.5) is 5.69 Å². The van der Waals surface area contributed by atoms with E-state index in [4.69, 9.17) is 4.74 Å². The number of phenols is 1. The Morgan fingerprint density at radius 3 is 2.52 bits per heavy atom. The Hall–Kier alpha value is -2.74. The van der Waals surface area contributed by atoms with Gasteiger partial charge in [-0.25, -0.2) is 13.2 Å². The minimum atomic E-state index is -4.05. The second-order valence-electron chi connectivity index (χ2n) is 4.52. The van der Waals surface area contributed by atoms with Crippen LogP contribution in [0.5, 0.6) is 11.5 Å². The van der Waals surface area contributed by atoms with Gasteiger partial charge in [0.1, 0.15) is 17.1 Å². The van der Waals surface area contributed by atoms with E-state index in [0.717, 1.165) is 6.07 Å². The minimum absolute atomic E-state index is 0.00161. The topological polar surface area (TPSA) is 113 Å². The molecule has 0 fully saturated rings. The molecule has 8 heteroatoms. The van der Waals surface area contributed by atoms with Crippen LogP contribution in [0.3, 0.4) is 0 Å². The first-order valence-corrected chi connectivity index (χ1v) is 8.14. The van der Waals surface area contributed by atoms with Crippen LogP contribution in [-0.2, 0) is 10.0 Å². The van der Waals surface area contributed by atoms with E-state index in [2.05, 4.69) is 4.72 Å². The number of aromatic hydroxyl groups is 1. The van der Waals surface area contributed by atoms with E-state index in [-0.39, 0.29) is 34.3 Å². The Morgan fingerprint density at radius 2 is 1.91 bits per heavy atom. The van der Waals surface area contributed by atoms with E-state index in [1.807, 2.05) is 0 Å². The summed E-state index contributed by atoms with van der Waals surface area (Å²) in [7, 11) is -4.05. The molecule has 0 saturated carbocycles. The summed E-state index contributed by atoms with van der Waals surface area (Å²) >= 11 is 0. The van der Waals surface area contributed by atoms with E-state index in [0.29, 0.717) is 0 Å². The van der Waals surface area contributed by atoms with Gasteiger partial charge in [0.15, 0.2) is 0 Å². The highest BCUT2D eigenvalue weighted by molar-refractivity contribution is 7.92. The van der Waals surface area contributed by atoms with Crippen LogP contribution in [0.15, 0.2) is 47.4 Å². The van der Waals surface area contributed by atoms with E-state index in [1.54, 1.807) is 19.1 Å². The molecule has 0 heterocycles. The summed E-state index contributed by atoms with van der Waals surface area (Å²) in [5.41, 5.74) is -0.259. The number of ether oxygens (including phenoxy) is 1. The summed E-state index contributed by atoms with van der Waals surface area (Å²) in [5.74, 6) is -1.45. The number of rotatable bonds is 6. The maximum Gasteiger partial charge on any atom is 0.339 e. The van der Waals surface area contributed by atoms with Crippen LogP contribution in [0.1, 0.15) is 17.3 Å². The smallest absolute Gasteiger partial charge is 0.339 e. The average molecular weight is 337 g/mol. The molecule has 23 heavy (non-hydrogen) atoms. The Balaban J connectivity index is 2.42. The van der Waals surface area contributed by atoms with E-state index >= 15 is 0 Å². The molecule has 0 radical (unpaired) electrons. The van der Waals surface area contributed by atoms with Gasteiger partial charge in [-0.2, -0.15) is 0 Å². The zero-order valence-corrected chi connectivity index (χ0v) is 13.0. The standard InChI is InChI=1S/C15H15NO6S/c1-2-22-14-8-7-10(9-11(14)15(18)19)23(20,21)16-12-5-3-4-6-13(12)17/h3-9,16-17H,2H2,1H3,(H,18,19). The molecule has 2 rings (SSSR count). The number of carboxylic acid groups (broad SMARTS) is 1. The maximum atomic E-state index is 12.3. The highest BCUT2D eigenvalue weighted by atomic mass is 32.2. The van der Waals surface area contributed by atoms with Crippen LogP contribution in [0.2, 0.25) is 0 Å². The predicted molar refractivity (Wildman–Crippen MR) is 83.5 cm³/mol. The van der Waals surface area contributed by atoms with Gasteiger partial charge in [-0.3, -0.25) is 4.72 Å².